The summed E-state index contributed by atoms with van der Waals surface area (Å²) >= 11 is 0. The summed E-state index contributed by atoms with van der Waals surface area (Å²) in [5.41, 5.74) is 1.93. The highest BCUT2D eigenvalue weighted by Crippen LogP contribution is 2.25. The zero-order chi connectivity index (χ0) is 21.0. The molecule has 2 heterocycles. The number of likely N-dealkylation sites (N-methyl/N-ethyl adjacent to an activating group) is 1. The fourth-order valence-electron chi connectivity index (χ4n) is 4.12. The van der Waals surface area contributed by atoms with Crippen LogP contribution in [0.25, 0.3) is 0 Å². The molecular weight excluding hydrogens is 364 g/mol. The predicted octanol–water partition coefficient (Wildman–Crippen LogP) is 2.09. The number of piperazine rings is 1. The lowest BCUT2D eigenvalue weighted by molar-refractivity contribution is -0.144. The largest absolute Gasteiger partial charge is 0.350 e. The van der Waals surface area contributed by atoms with Crippen LogP contribution in [0, 0.1) is 5.41 Å². The second kappa shape index (κ2) is 9.26. The van der Waals surface area contributed by atoms with Crippen molar-refractivity contribution < 1.29 is 9.59 Å². The van der Waals surface area contributed by atoms with Gasteiger partial charge in [0.1, 0.15) is 6.04 Å². The second-order valence-electron chi connectivity index (χ2n) is 9.52. The highest BCUT2D eigenvalue weighted by Gasteiger charge is 2.38. The van der Waals surface area contributed by atoms with Gasteiger partial charge in [0, 0.05) is 51.2 Å². The smallest absolute Gasteiger partial charge is 0.243 e. The van der Waals surface area contributed by atoms with Crippen molar-refractivity contribution in [3.63, 3.8) is 0 Å². The maximum Gasteiger partial charge on any atom is 0.243 e. The SMILES string of the molecule is CN1CCN(Cc2cccc(CNC(=O)C3CCCN3C(=O)C(C)(C)C)c2)CC1. The molecule has 1 aromatic carbocycles. The van der Waals surface area contributed by atoms with Crippen molar-refractivity contribution in [2.24, 2.45) is 5.41 Å². The third kappa shape index (κ3) is 5.80. The number of hydrogen-bond acceptors (Lipinski definition) is 4. The molecule has 0 saturated carbocycles. The Morgan fingerprint density at radius 3 is 2.45 bits per heavy atom. The number of carbonyl (C=O) groups excluding carboxylic acids is 2. The van der Waals surface area contributed by atoms with Gasteiger partial charge in [-0.05, 0) is 31.0 Å². The standard InChI is InChI=1S/C23H36N4O2/c1-23(2,3)22(29)27-10-6-9-20(27)21(28)24-16-18-7-5-8-19(15-18)17-26-13-11-25(4)12-14-26/h5,7-8,15,20H,6,9-14,16-17H2,1-4H3,(H,24,28). The Hall–Kier alpha value is -1.92. The molecule has 0 aromatic heterocycles. The van der Waals surface area contributed by atoms with Crippen LogP contribution >= 0.6 is 0 Å². The molecule has 2 aliphatic heterocycles. The third-order valence-electron chi connectivity index (χ3n) is 5.92. The van der Waals surface area contributed by atoms with Crippen molar-refractivity contribution in [1.29, 1.82) is 0 Å². The van der Waals surface area contributed by atoms with E-state index in [1.54, 1.807) is 4.90 Å². The quantitative estimate of drug-likeness (QED) is 0.822. The Labute approximate surface area is 175 Å². The van der Waals surface area contributed by atoms with Crippen molar-refractivity contribution in [3.05, 3.63) is 35.4 Å². The van der Waals surface area contributed by atoms with E-state index in [1.807, 2.05) is 20.8 Å². The van der Waals surface area contributed by atoms with Crippen LogP contribution in [0.1, 0.15) is 44.7 Å². The molecule has 6 nitrogen and oxygen atoms in total. The molecule has 0 aliphatic carbocycles. The van der Waals surface area contributed by atoms with Crippen LogP contribution < -0.4 is 5.32 Å². The van der Waals surface area contributed by atoms with Crippen LogP contribution in [0.3, 0.4) is 0 Å². The highest BCUT2D eigenvalue weighted by atomic mass is 16.2. The number of benzene rings is 1. The van der Waals surface area contributed by atoms with Gasteiger partial charge in [-0.25, -0.2) is 0 Å². The Kier molecular flexibility index (Phi) is 6.96. The van der Waals surface area contributed by atoms with E-state index in [4.69, 9.17) is 0 Å². The molecule has 2 aliphatic rings. The molecule has 2 saturated heterocycles. The van der Waals surface area contributed by atoms with Crippen LogP contribution in [0.2, 0.25) is 0 Å². The van der Waals surface area contributed by atoms with Crippen molar-refractivity contribution in [1.82, 2.24) is 20.0 Å². The Morgan fingerprint density at radius 1 is 1.07 bits per heavy atom. The first-order valence-corrected chi connectivity index (χ1v) is 10.8. The topological polar surface area (TPSA) is 55.9 Å². The number of hydrogen-bond donors (Lipinski definition) is 1. The average Bonchev–Trinajstić information content (AvgIpc) is 3.16. The van der Waals surface area contributed by atoms with Gasteiger partial charge >= 0.3 is 0 Å². The van der Waals surface area contributed by atoms with Gasteiger partial charge in [-0.15, -0.1) is 0 Å². The Balaban J connectivity index is 1.54. The highest BCUT2D eigenvalue weighted by molar-refractivity contribution is 5.90. The second-order valence-corrected chi connectivity index (χ2v) is 9.52. The zero-order valence-corrected chi connectivity index (χ0v) is 18.4. The van der Waals surface area contributed by atoms with E-state index in [2.05, 4.69) is 46.4 Å². The van der Waals surface area contributed by atoms with Crippen LogP contribution in [0.15, 0.2) is 24.3 Å². The van der Waals surface area contributed by atoms with Gasteiger partial charge in [0.25, 0.3) is 0 Å². The number of rotatable bonds is 5. The minimum Gasteiger partial charge on any atom is -0.350 e. The Morgan fingerprint density at radius 2 is 1.76 bits per heavy atom. The van der Waals surface area contributed by atoms with E-state index < -0.39 is 5.41 Å². The molecule has 1 atom stereocenters. The first-order chi connectivity index (χ1) is 13.7. The number of nitrogens with zero attached hydrogens (tertiary/aromatic N) is 3. The summed E-state index contributed by atoms with van der Waals surface area (Å²) in [6.07, 6.45) is 1.64. The maximum absolute atomic E-state index is 12.8. The first kappa shape index (κ1) is 21.8. The molecule has 2 amide bonds. The lowest BCUT2D eigenvalue weighted by atomic mass is 9.94. The van der Waals surface area contributed by atoms with Crippen molar-refractivity contribution in [2.45, 2.75) is 52.7 Å². The fourth-order valence-corrected chi connectivity index (χ4v) is 4.12. The molecule has 29 heavy (non-hydrogen) atoms. The summed E-state index contributed by atoms with van der Waals surface area (Å²) in [6, 6.07) is 8.13. The van der Waals surface area contributed by atoms with Crippen LogP contribution in [-0.4, -0.2) is 72.3 Å². The third-order valence-corrected chi connectivity index (χ3v) is 5.92. The summed E-state index contributed by atoms with van der Waals surface area (Å²) in [6.45, 7) is 12.3. The molecule has 1 N–H and O–H groups in total. The molecule has 160 valence electrons. The van der Waals surface area contributed by atoms with Gasteiger partial charge in [-0.1, -0.05) is 45.0 Å². The molecular formula is C23H36N4O2. The van der Waals surface area contributed by atoms with Crippen LogP contribution in [0.5, 0.6) is 0 Å². The van der Waals surface area contributed by atoms with Gasteiger partial charge in [0.2, 0.25) is 11.8 Å². The summed E-state index contributed by atoms with van der Waals surface area (Å²) in [7, 11) is 2.17. The van der Waals surface area contributed by atoms with E-state index in [1.165, 1.54) is 5.56 Å². The van der Waals surface area contributed by atoms with Gasteiger partial charge in [0.05, 0.1) is 0 Å². The zero-order valence-electron chi connectivity index (χ0n) is 18.4. The van der Waals surface area contributed by atoms with Gasteiger partial charge in [-0.2, -0.15) is 0 Å². The molecule has 6 heteroatoms. The van der Waals surface area contributed by atoms with Crippen LogP contribution in [-0.2, 0) is 22.7 Å². The van der Waals surface area contributed by atoms with Crippen molar-refractivity contribution in [3.8, 4) is 0 Å². The Bertz CT molecular complexity index is 720. The van der Waals surface area contributed by atoms with E-state index in [0.29, 0.717) is 13.1 Å². The maximum atomic E-state index is 12.8. The molecule has 3 rings (SSSR count). The number of carbonyl (C=O) groups is 2. The van der Waals surface area contributed by atoms with Crippen molar-refractivity contribution in [2.75, 3.05) is 39.8 Å². The fraction of sp³-hybridized carbons (Fsp3) is 0.652. The van der Waals surface area contributed by atoms with Crippen molar-refractivity contribution >= 4 is 11.8 Å². The summed E-state index contributed by atoms with van der Waals surface area (Å²) in [5, 5.41) is 3.06. The first-order valence-electron chi connectivity index (χ1n) is 10.8. The lowest BCUT2D eigenvalue weighted by Gasteiger charge is -2.32. The monoisotopic (exact) mass is 400 g/mol. The molecule has 0 bridgehead atoms. The van der Waals surface area contributed by atoms with E-state index in [-0.39, 0.29) is 17.9 Å². The molecule has 0 radical (unpaired) electrons. The normalized spacial score (nSPS) is 21.4. The molecule has 1 aromatic rings. The number of nitrogens with one attached hydrogen (secondary N) is 1. The van der Waals surface area contributed by atoms with Gasteiger partial charge < -0.3 is 15.1 Å². The minimum atomic E-state index is -0.458. The summed E-state index contributed by atoms with van der Waals surface area (Å²) in [4.78, 5) is 32.0. The molecule has 1 unspecified atom stereocenters. The average molecular weight is 401 g/mol. The van der Waals surface area contributed by atoms with E-state index in [0.717, 1.165) is 51.1 Å². The summed E-state index contributed by atoms with van der Waals surface area (Å²) in [5.74, 6) is 0.0221. The number of amides is 2. The van der Waals surface area contributed by atoms with Gasteiger partial charge in [-0.3, -0.25) is 14.5 Å². The minimum absolute atomic E-state index is 0.0374. The lowest BCUT2D eigenvalue weighted by Crippen LogP contribution is -2.49. The van der Waals surface area contributed by atoms with Gasteiger partial charge in [0.15, 0.2) is 0 Å². The van der Waals surface area contributed by atoms with E-state index in [9.17, 15) is 9.59 Å². The summed E-state index contributed by atoms with van der Waals surface area (Å²) < 4.78 is 0. The molecule has 0 spiro atoms. The van der Waals surface area contributed by atoms with Crippen LogP contribution in [0.4, 0.5) is 0 Å². The number of likely N-dealkylation sites (tertiary alicyclic amines) is 1. The predicted molar refractivity (Wildman–Crippen MR) is 115 cm³/mol. The van der Waals surface area contributed by atoms with E-state index >= 15 is 0 Å². The molecule has 2 fully saturated rings.